The van der Waals surface area contributed by atoms with Crippen LogP contribution in [0, 0.1) is 10.1 Å². The Morgan fingerprint density at radius 1 is 0.971 bits per heavy atom. The molecule has 0 aliphatic rings. The Bertz CT molecular complexity index is 1580. The zero-order valence-corrected chi connectivity index (χ0v) is 17.9. The molecule has 0 aliphatic carbocycles. The first kappa shape index (κ1) is 22.6. The highest BCUT2D eigenvalue weighted by Gasteiger charge is 2.25. The van der Waals surface area contributed by atoms with Crippen molar-refractivity contribution in [1.82, 2.24) is 9.78 Å². The first-order valence-corrected chi connectivity index (χ1v) is 11.0. The maximum atomic E-state index is 13.1. The van der Waals surface area contributed by atoms with Crippen LogP contribution in [0.3, 0.4) is 0 Å². The maximum Gasteiger partial charge on any atom is 0.299 e. The van der Waals surface area contributed by atoms with Crippen molar-refractivity contribution < 1.29 is 23.0 Å². The number of hydrogen-bond donors (Lipinski definition) is 3. The molecule has 4 aromatic rings. The average molecular weight is 481 g/mol. The number of azo groups is 1. The van der Waals surface area contributed by atoms with Gasteiger partial charge in [-0.2, -0.15) is 8.42 Å². The number of nitrogens with zero attached hydrogens (tertiary/aromatic N) is 4. The molecular formula is C21H15N5O7S. The number of aromatic amines is 1. The number of nitrogens with one attached hydrogen (secondary N) is 1. The number of phenolic OH excluding ortho intramolecular Hbond substituents is 1. The molecule has 13 heteroatoms. The van der Waals surface area contributed by atoms with Crippen LogP contribution >= 0.6 is 0 Å². The number of aromatic nitrogens is 2. The Labute approximate surface area is 191 Å². The molecule has 1 aromatic heterocycles. The summed E-state index contributed by atoms with van der Waals surface area (Å²) in [6.07, 6.45) is 0. The number of non-ortho nitro benzene ring substituents is 1. The lowest BCUT2D eigenvalue weighted by molar-refractivity contribution is -0.385. The fourth-order valence-corrected chi connectivity index (χ4v) is 3.77. The van der Waals surface area contributed by atoms with E-state index in [-0.39, 0.29) is 11.4 Å². The van der Waals surface area contributed by atoms with Crippen LogP contribution < -0.4 is 5.56 Å². The van der Waals surface area contributed by atoms with Crippen LogP contribution in [-0.2, 0) is 10.1 Å². The van der Waals surface area contributed by atoms with Crippen LogP contribution in [0.2, 0.25) is 0 Å². The number of H-pyrrole nitrogens is 1. The van der Waals surface area contributed by atoms with Gasteiger partial charge in [-0.3, -0.25) is 24.6 Å². The van der Waals surface area contributed by atoms with Crippen molar-refractivity contribution in [3.63, 3.8) is 0 Å². The number of benzene rings is 3. The van der Waals surface area contributed by atoms with Crippen molar-refractivity contribution in [2.75, 3.05) is 0 Å². The lowest BCUT2D eigenvalue weighted by Gasteiger charge is -2.04. The van der Waals surface area contributed by atoms with E-state index in [1.54, 1.807) is 60.7 Å². The monoisotopic (exact) mass is 481 g/mol. The largest absolute Gasteiger partial charge is 0.504 e. The fourth-order valence-electron chi connectivity index (χ4n) is 3.15. The minimum absolute atomic E-state index is 0.200. The predicted molar refractivity (Wildman–Crippen MR) is 121 cm³/mol. The highest BCUT2D eigenvalue weighted by Crippen LogP contribution is 2.38. The number of rotatable bonds is 6. The highest BCUT2D eigenvalue weighted by atomic mass is 32.2. The third kappa shape index (κ3) is 4.32. The summed E-state index contributed by atoms with van der Waals surface area (Å²) in [4.78, 5) is 22.3. The van der Waals surface area contributed by atoms with Crippen molar-refractivity contribution in [1.29, 1.82) is 0 Å². The van der Waals surface area contributed by atoms with Gasteiger partial charge in [0.2, 0.25) is 0 Å². The van der Waals surface area contributed by atoms with Gasteiger partial charge in [0.1, 0.15) is 10.6 Å². The molecule has 0 fully saturated rings. The lowest BCUT2D eigenvalue weighted by Crippen LogP contribution is -2.13. The van der Waals surface area contributed by atoms with E-state index < -0.39 is 42.6 Å². The van der Waals surface area contributed by atoms with E-state index in [1.807, 2.05) is 0 Å². The summed E-state index contributed by atoms with van der Waals surface area (Å²) >= 11 is 0. The third-order valence-corrected chi connectivity index (χ3v) is 5.60. The van der Waals surface area contributed by atoms with Crippen LogP contribution in [-0.4, -0.2) is 32.8 Å². The number of nitro groups is 1. The third-order valence-electron chi connectivity index (χ3n) is 4.73. The number of para-hydroxylation sites is 1. The molecule has 0 spiro atoms. The molecule has 0 aliphatic heterocycles. The number of nitro benzene ring substituents is 1. The van der Waals surface area contributed by atoms with Gasteiger partial charge in [0, 0.05) is 17.7 Å². The smallest absolute Gasteiger partial charge is 0.299 e. The Kier molecular flexibility index (Phi) is 5.79. The first-order valence-electron chi connectivity index (χ1n) is 9.53. The molecular weight excluding hydrogens is 466 g/mol. The van der Waals surface area contributed by atoms with Crippen LogP contribution in [0.15, 0.2) is 92.7 Å². The summed E-state index contributed by atoms with van der Waals surface area (Å²) in [6.45, 7) is 0. The van der Waals surface area contributed by atoms with Gasteiger partial charge in [0.15, 0.2) is 11.4 Å². The molecule has 34 heavy (non-hydrogen) atoms. The number of aromatic hydroxyl groups is 1. The van der Waals surface area contributed by atoms with Gasteiger partial charge >= 0.3 is 0 Å². The van der Waals surface area contributed by atoms with Crippen molar-refractivity contribution in [2.45, 2.75) is 4.90 Å². The minimum atomic E-state index is -5.01. The Hall–Kier alpha value is -4.62. The molecule has 3 N–H and O–H groups in total. The van der Waals surface area contributed by atoms with Crippen LogP contribution in [0.25, 0.3) is 16.9 Å². The van der Waals surface area contributed by atoms with Gasteiger partial charge < -0.3 is 5.11 Å². The average Bonchev–Trinajstić information content (AvgIpc) is 3.14. The van der Waals surface area contributed by atoms with Crippen LogP contribution in [0.1, 0.15) is 0 Å². The lowest BCUT2D eigenvalue weighted by atomic mass is 10.1. The normalized spacial score (nSPS) is 11.7. The molecule has 0 atom stereocenters. The second kappa shape index (κ2) is 8.73. The van der Waals surface area contributed by atoms with E-state index in [4.69, 9.17) is 0 Å². The van der Waals surface area contributed by atoms with Crippen LogP contribution in [0.5, 0.6) is 5.75 Å². The number of hydrogen-bond acceptors (Lipinski definition) is 8. The summed E-state index contributed by atoms with van der Waals surface area (Å²) in [5.74, 6) is -1.06. The van der Waals surface area contributed by atoms with Gasteiger partial charge in [-0.05, 0) is 12.1 Å². The van der Waals surface area contributed by atoms with Gasteiger partial charge in [0.25, 0.3) is 21.4 Å². The maximum absolute atomic E-state index is 13.1. The van der Waals surface area contributed by atoms with E-state index in [1.165, 1.54) is 4.68 Å². The predicted octanol–water partition coefficient (Wildman–Crippen LogP) is 4.11. The first-order chi connectivity index (χ1) is 16.2. The Morgan fingerprint density at radius 3 is 2.18 bits per heavy atom. The summed E-state index contributed by atoms with van der Waals surface area (Å²) in [5.41, 5.74) is -0.879. The molecule has 0 radical (unpaired) electrons. The zero-order chi connectivity index (χ0) is 24.5. The standard InChI is InChI=1S/C21H15N5O7S/c27-20-16(11-15(26(29)30)12-17(20)34(31,32)33)22-23-19-18(13-7-3-1-4-8-13)24-25(21(19)28)14-9-5-2-6-10-14/h1-12,24,27H,(H,31,32,33). The fraction of sp³-hybridized carbons (Fsp3) is 0. The molecule has 0 saturated carbocycles. The van der Waals surface area contributed by atoms with Crippen molar-refractivity contribution >= 4 is 27.2 Å². The van der Waals surface area contributed by atoms with Gasteiger partial charge in [-0.25, -0.2) is 4.68 Å². The van der Waals surface area contributed by atoms with E-state index >= 15 is 0 Å². The molecule has 12 nitrogen and oxygen atoms in total. The molecule has 4 rings (SSSR count). The molecule has 0 amide bonds. The van der Waals surface area contributed by atoms with E-state index in [0.29, 0.717) is 17.3 Å². The quantitative estimate of drug-likeness (QED) is 0.160. The highest BCUT2D eigenvalue weighted by molar-refractivity contribution is 7.86. The van der Waals surface area contributed by atoms with Gasteiger partial charge in [-0.1, -0.05) is 48.5 Å². The summed E-state index contributed by atoms with van der Waals surface area (Å²) in [5, 5.41) is 32.0. The Morgan fingerprint density at radius 2 is 1.59 bits per heavy atom. The molecule has 1 heterocycles. The second-order valence-corrected chi connectivity index (χ2v) is 8.31. The van der Waals surface area contributed by atoms with E-state index in [9.17, 15) is 33.0 Å². The van der Waals surface area contributed by atoms with Crippen LogP contribution in [0.4, 0.5) is 17.1 Å². The van der Waals surface area contributed by atoms with E-state index in [2.05, 4.69) is 15.3 Å². The molecule has 172 valence electrons. The summed E-state index contributed by atoms with van der Waals surface area (Å²) < 4.78 is 33.6. The van der Waals surface area contributed by atoms with Crippen molar-refractivity contribution in [2.24, 2.45) is 10.2 Å². The molecule has 3 aromatic carbocycles. The topological polar surface area (TPSA) is 180 Å². The van der Waals surface area contributed by atoms with E-state index in [0.717, 1.165) is 6.07 Å². The molecule has 0 bridgehead atoms. The zero-order valence-electron chi connectivity index (χ0n) is 17.1. The number of phenols is 1. The molecule has 0 saturated heterocycles. The Balaban J connectivity index is 1.92. The minimum Gasteiger partial charge on any atom is -0.504 e. The SMILES string of the molecule is O=c1c(N=Nc2cc([N+](=O)[O-])cc(S(=O)(=O)O)c2O)c(-c2ccccc2)[nH]n1-c1ccccc1. The van der Waals surface area contributed by atoms with Gasteiger partial charge in [-0.15, -0.1) is 10.2 Å². The summed E-state index contributed by atoms with van der Waals surface area (Å²) in [6, 6.07) is 18.5. The molecule has 0 unspecified atom stereocenters. The van der Waals surface area contributed by atoms with Crippen molar-refractivity contribution in [3.8, 4) is 22.7 Å². The second-order valence-electron chi connectivity index (χ2n) is 6.92. The van der Waals surface area contributed by atoms with Crippen molar-refractivity contribution in [3.05, 3.63) is 93.3 Å². The summed E-state index contributed by atoms with van der Waals surface area (Å²) in [7, 11) is -5.01. The van der Waals surface area contributed by atoms with Gasteiger partial charge in [0.05, 0.1) is 16.3 Å².